The Hall–Kier alpha value is -0.560. The molecule has 13 heavy (non-hydrogen) atoms. The van der Waals surface area contributed by atoms with Crippen molar-refractivity contribution in [1.29, 1.82) is 0 Å². The van der Waals surface area contributed by atoms with Crippen LogP contribution in [0.5, 0.6) is 0 Å². The average molecular weight is 178 g/mol. The fourth-order valence-electron chi connectivity index (χ4n) is 2.69. The van der Waals surface area contributed by atoms with Crippen molar-refractivity contribution in [1.82, 2.24) is 0 Å². The van der Waals surface area contributed by atoms with Crippen molar-refractivity contribution >= 4 is 0 Å². The van der Waals surface area contributed by atoms with E-state index in [2.05, 4.69) is 13.5 Å². The van der Waals surface area contributed by atoms with Crippen LogP contribution in [-0.4, -0.2) is 12.2 Å². The molecule has 0 N–H and O–H groups in total. The van der Waals surface area contributed by atoms with Crippen molar-refractivity contribution in [3.05, 3.63) is 23.8 Å². The lowest BCUT2D eigenvalue weighted by Gasteiger charge is -2.34. The van der Waals surface area contributed by atoms with Crippen molar-refractivity contribution < 1.29 is 4.74 Å². The fourth-order valence-corrected chi connectivity index (χ4v) is 2.69. The maximum Gasteiger partial charge on any atom is 0.0935 e. The zero-order valence-electron chi connectivity index (χ0n) is 8.44. The molecular weight excluding hydrogens is 160 g/mol. The second-order valence-electron chi connectivity index (χ2n) is 4.24. The summed E-state index contributed by atoms with van der Waals surface area (Å²) in [6, 6.07) is 0. The van der Waals surface area contributed by atoms with Gasteiger partial charge in [-0.05, 0) is 30.9 Å². The van der Waals surface area contributed by atoms with E-state index in [-0.39, 0.29) is 5.60 Å². The Balaban J connectivity index is 2.27. The van der Waals surface area contributed by atoms with Gasteiger partial charge in [-0.25, -0.2) is 0 Å². The van der Waals surface area contributed by atoms with E-state index < -0.39 is 0 Å². The lowest BCUT2D eigenvalue weighted by Crippen LogP contribution is -2.33. The molecule has 2 rings (SSSR count). The molecule has 0 aromatic heterocycles. The summed E-state index contributed by atoms with van der Waals surface area (Å²) < 4.78 is 5.95. The van der Waals surface area contributed by atoms with Gasteiger partial charge in [0.05, 0.1) is 12.2 Å². The molecule has 0 aromatic rings. The van der Waals surface area contributed by atoms with Crippen LogP contribution in [0.4, 0.5) is 0 Å². The quantitative estimate of drug-likeness (QED) is 0.599. The number of hydrogen-bond donors (Lipinski definition) is 0. The van der Waals surface area contributed by atoms with Crippen LogP contribution in [0.3, 0.4) is 0 Å². The standard InChI is InChI=1S/C12H18O/c1-3-11-10(2)9-13-12(11)7-5-4-6-8-12/h3H,1,4-9H2,2H3. The van der Waals surface area contributed by atoms with Gasteiger partial charge in [0, 0.05) is 0 Å². The summed E-state index contributed by atoms with van der Waals surface area (Å²) in [6.07, 6.45) is 8.40. The Morgan fingerprint density at radius 2 is 2.00 bits per heavy atom. The van der Waals surface area contributed by atoms with E-state index in [1.807, 2.05) is 6.08 Å². The Kier molecular flexibility index (Phi) is 2.29. The van der Waals surface area contributed by atoms with Crippen molar-refractivity contribution in [3.8, 4) is 0 Å². The number of ether oxygens (including phenoxy) is 1. The molecular formula is C12H18O. The third-order valence-corrected chi connectivity index (χ3v) is 3.38. The molecule has 0 saturated heterocycles. The smallest absolute Gasteiger partial charge is 0.0935 e. The Morgan fingerprint density at radius 1 is 1.31 bits per heavy atom. The van der Waals surface area contributed by atoms with Gasteiger partial charge in [-0.1, -0.05) is 31.9 Å². The molecule has 1 saturated carbocycles. The minimum atomic E-state index is 0.0735. The minimum absolute atomic E-state index is 0.0735. The second-order valence-corrected chi connectivity index (χ2v) is 4.24. The van der Waals surface area contributed by atoms with Crippen molar-refractivity contribution in [3.63, 3.8) is 0 Å². The van der Waals surface area contributed by atoms with Crippen LogP contribution in [-0.2, 0) is 4.74 Å². The highest BCUT2D eigenvalue weighted by Crippen LogP contribution is 2.43. The normalized spacial score (nSPS) is 26.8. The van der Waals surface area contributed by atoms with E-state index in [4.69, 9.17) is 4.74 Å². The highest BCUT2D eigenvalue weighted by molar-refractivity contribution is 5.36. The van der Waals surface area contributed by atoms with E-state index in [9.17, 15) is 0 Å². The van der Waals surface area contributed by atoms with Gasteiger partial charge in [0.25, 0.3) is 0 Å². The summed E-state index contributed by atoms with van der Waals surface area (Å²) in [7, 11) is 0. The van der Waals surface area contributed by atoms with Crippen LogP contribution >= 0.6 is 0 Å². The molecule has 1 nitrogen and oxygen atoms in total. The van der Waals surface area contributed by atoms with Gasteiger partial charge in [-0.2, -0.15) is 0 Å². The summed E-state index contributed by atoms with van der Waals surface area (Å²) >= 11 is 0. The molecule has 0 bridgehead atoms. The Labute approximate surface area is 80.5 Å². The predicted octanol–water partition coefficient (Wildman–Crippen LogP) is 3.22. The maximum atomic E-state index is 5.95. The summed E-state index contributed by atoms with van der Waals surface area (Å²) in [4.78, 5) is 0. The molecule has 0 amide bonds. The van der Waals surface area contributed by atoms with E-state index in [1.165, 1.54) is 43.3 Å². The fraction of sp³-hybridized carbons (Fsp3) is 0.667. The van der Waals surface area contributed by atoms with Crippen LogP contribution in [0.15, 0.2) is 23.8 Å². The van der Waals surface area contributed by atoms with Crippen LogP contribution in [0, 0.1) is 0 Å². The summed E-state index contributed by atoms with van der Waals surface area (Å²) in [5.41, 5.74) is 2.84. The zero-order valence-corrected chi connectivity index (χ0v) is 8.44. The minimum Gasteiger partial charge on any atom is -0.366 e. The molecule has 0 aromatic carbocycles. The molecule has 1 fully saturated rings. The SMILES string of the molecule is C=CC1=C(C)COC12CCCCC2. The first-order chi connectivity index (χ1) is 6.28. The largest absolute Gasteiger partial charge is 0.366 e. The highest BCUT2D eigenvalue weighted by Gasteiger charge is 2.40. The predicted molar refractivity (Wildman–Crippen MR) is 54.7 cm³/mol. The van der Waals surface area contributed by atoms with E-state index in [0.717, 1.165) is 6.61 Å². The lowest BCUT2D eigenvalue weighted by atomic mass is 9.79. The van der Waals surface area contributed by atoms with Crippen LogP contribution < -0.4 is 0 Å². The Bertz CT molecular complexity index is 244. The van der Waals surface area contributed by atoms with E-state index >= 15 is 0 Å². The molecule has 0 unspecified atom stereocenters. The van der Waals surface area contributed by atoms with Gasteiger partial charge in [-0.3, -0.25) is 0 Å². The monoisotopic (exact) mass is 178 g/mol. The number of rotatable bonds is 1. The average Bonchev–Trinajstić information content (AvgIpc) is 2.45. The third-order valence-electron chi connectivity index (χ3n) is 3.38. The van der Waals surface area contributed by atoms with Crippen LogP contribution in [0.25, 0.3) is 0 Å². The van der Waals surface area contributed by atoms with Gasteiger partial charge in [0.2, 0.25) is 0 Å². The second kappa shape index (κ2) is 3.30. The van der Waals surface area contributed by atoms with Gasteiger partial charge in [-0.15, -0.1) is 0 Å². The van der Waals surface area contributed by atoms with Crippen molar-refractivity contribution in [2.45, 2.75) is 44.6 Å². The molecule has 0 radical (unpaired) electrons. The third kappa shape index (κ3) is 1.35. The van der Waals surface area contributed by atoms with E-state index in [0.29, 0.717) is 0 Å². The van der Waals surface area contributed by atoms with Crippen LogP contribution in [0.1, 0.15) is 39.0 Å². The van der Waals surface area contributed by atoms with Crippen molar-refractivity contribution in [2.24, 2.45) is 0 Å². The first-order valence-corrected chi connectivity index (χ1v) is 5.25. The zero-order chi connectivity index (χ0) is 9.31. The summed E-state index contributed by atoms with van der Waals surface area (Å²) in [5, 5.41) is 0. The van der Waals surface area contributed by atoms with Gasteiger partial charge >= 0.3 is 0 Å². The maximum absolute atomic E-state index is 5.95. The molecule has 72 valence electrons. The molecule has 1 heterocycles. The lowest BCUT2D eigenvalue weighted by molar-refractivity contribution is -0.00890. The summed E-state index contributed by atoms with van der Waals surface area (Å²) in [5.74, 6) is 0. The molecule has 1 spiro atoms. The van der Waals surface area contributed by atoms with E-state index in [1.54, 1.807) is 0 Å². The van der Waals surface area contributed by atoms with Gasteiger partial charge in [0.15, 0.2) is 0 Å². The molecule has 0 atom stereocenters. The van der Waals surface area contributed by atoms with Gasteiger partial charge < -0.3 is 4.74 Å². The number of hydrogen-bond acceptors (Lipinski definition) is 1. The molecule has 1 aliphatic carbocycles. The van der Waals surface area contributed by atoms with Crippen LogP contribution in [0.2, 0.25) is 0 Å². The molecule has 1 heteroatoms. The van der Waals surface area contributed by atoms with Gasteiger partial charge in [0.1, 0.15) is 0 Å². The Morgan fingerprint density at radius 3 is 2.62 bits per heavy atom. The first kappa shape index (κ1) is 9.01. The highest BCUT2D eigenvalue weighted by atomic mass is 16.5. The molecule has 2 aliphatic rings. The molecule has 1 aliphatic heterocycles. The first-order valence-electron chi connectivity index (χ1n) is 5.25. The summed E-state index contributed by atoms with van der Waals surface area (Å²) in [6.45, 7) is 6.89. The van der Waals surface area contributed by atoms with Crippen molar-refractivity contribution in [2.75, 3.05) is 6.61 Å². The topological polar surface area (TPSA) is 9.23 Å².